The van der Waals surface area contributed by atoms with E-state index in [1.54, 1.807) is 18.3 Å². The van der Waals surface area contributed by atoms with E-state index in [4.69, 9.17) is 12.2 Å². The Labute approximate surface area is 91.5 Å². The smallest absolute Gasteiger partial charge is 0.142 e. The van der Waals surface area contributed by atoms with E-state index < -0.39 is 0 Å². The average molecular weight is 230 g/mol. The van der Waals surface area contributed by atoms with Gasteiger partial charge in [-0.1, -0.05) is 18.3 Å². The number of thiocarbonyl (C=S) groups is 1. The van der Waals surface area contributed by atoms with Crippen LogP contribution in [0.4, 0.5) is 0 Å². The summed E-state index contributed by atoms with van der Waals surface area (Å²) in [5.74, 6) is 0.170. The third-order valence-corrected chi connectivity index (χ3v) is 4.35. The van der Waals surface area contributed by atoms with Crippen LogP contribution >= 0.6 is 35.3 Å². The van der Waals surface area contributed by atoms with Crippen LogP contribution in [0.25, 0.3) is 0 Å². The summed E-state index contributed by atoms with van der Waals surface area (Å²) < 4.78 is 0.817. The van der Waals surface area contributed by atoms with Crippen molar-refractivity contribution in [3.8, 4) is 0 Å². The first-order chi connectivity index (χ1) is 6.11. The number of carbonyl (C=O) groups is 1. The van der Waals surface area contributed by atoms with Crippen LogP contribution in [0.15, 0.2) is 17.5 Å². The second kappa shape index (κ2) is 4.88. The van der Waals surface area contributed by atoms with E-state index in [1.807, 2.05) is 24.4 Å². The number of hydrogen-bond donors (Lipinski definition) is 0. The van der Waals surface area contributed by atoms with E-state index in [2.05, 4.69) is 0 Å². The summed E-state index contributed by atoms with van der Waals surface area (Å²) >= 11 is 8.26. The summed E-state index contributed by atoms with van der Waals surface area (Å²) in [6, 6.07) is 3.94. The van der Waals surface area contributed by atoms with E-state index in [0.717, 1.165) is 9.07 Å². The van der Waals surface area contributed by atoms with Gasteiger partial charge in [-0.25, -0.2) is 0 Å². The summed E-state index contributed by atoms with van der Waals surface area (Å²) in [6.07, 6.45) is 0. The number of carbonyl (C=O) groups excluding carboxylic acids is 1. The molecule has 70 valence electrons. The van der Waals surface area contributed by atoms with Crippen LogP contribution in [-0.4, -0.2) is 15.2 Å². The summed E-state index contributed by atoms with van der Waals surface area (Å²) in [5.41, 5.74) is 0. The average Bonchev–Trinajstić information content (AvgIpc) is 2.55. The molecule has 0 saturated carbocycles. The highest BCUT2D eigenvalue weighted by Crippen LogP contribution is 2.22. The molecule has 0 aromatic carbocycles. The highest BCUT2D eigenvalue weighted by Gasteiger charge is 2.12. The monoisotopic (exact) mass is 230 g/mol. The molecule has 1 aromatic rings. The maximum absolute atomic E-state index is 11.0. The predicted molar refractivity (Wildman–Crippen MR) is 63.8 cm³/mol. The van der Waals surface area contributed by atoms with Crippen molar-refractivity contribution in [3.05, 3.63) is 22.4 Å². The molecule has 0 radical (unpaired) electrons. The maximum Gasteiger partial charge on any atom is 0.142 e. The van der Waals surface area contributed by atoms with Gasteiger partial charge in [0.15, 0.2) is 0 Å². The van der Waals surface area contributed by atoms with Crippen molar-refractivity contribution in [2.24, 2.45) is 0 Å². The Balaban J connectivity index is 2.56. The van der Waals surface area contributed by atoms with Crippen LogP contribution < -0.4 is 0 Å². The van der Waals surface area contributed by atoms with Crippen LogP contribution in [0.3, 0.4) is 0 Å². The van der Waals surface area contributed by atoms with Gasteiger partial charge in [0.2, 0.25) is 0 Å². The fourth-order valence-electron chi connectivity index (χ4n) is 0.696. The van der Waals surface area contributed by atoms with Crippen LogP contribution in [0.5, 0.6) is 0 Å². The summed E-state index contributed by atoms with van der Waals surface area (Å²) in [4.78, 5) is 12.0. The zero-order valence-electron chi connectivity index (χ0n) is 7.44. The standard InChI is InChI=1S/C9H10OS3/c1-6(10)7(2)13-9(11)8-4-3-5-12-8/h3-5,7H,1-2H3. The van der Waals surface area contributed by atoms with Crippen molar-refractivity contribution in [3.63, 3.8) is 0 Å². The summed E-state index contributed by atoms with van der Waals surface area (Å²) in [7, 11) is 0. The van der Waals surface area contributed by atoms with E-state index >= 15 is 0 Å². The minimum absolute atomic E-state index is 0.0328. The quantitative estimate of drug-likeness (QED) is 0.743. The van der Waals surface area contributed by atoms with E-state index in [0.29, 0.717) is 0 Å². The van der Waals surface area contributed by atoms with E-state index in [9.17, 15) is 4.79 Å². The van der Waals surface area contributed by atoms with Gasteiger partial charge in [-0.05, 0) is 25.3 Å². The van der Waals surface area contributed by atoms with Crippen molar-refractivity contribution < 1.29 is 4.79 Å². The summed E-state index contributed by atoms with van der Waals surface area (Å²) in [6.45, 7) is 3.47. The van der Waals surface area contributed by atoms with Gasteiger partial charge >= 0.3 is 0 Å². The Morgan fingerprint density at radius 3 is 2.85 bits per heavy atom. The van der Waals surface area contributed by atoms with Crippen LogP contribution in [0.2, 0.25) is 0 Å². The van der Waals surface area contributed by atoms with Crippen LogP contribution in [0, 0.1) is 0 Å². The van der Waals surface area contributed by atoms with Gasteiger partial charge in [0.05, 0.1) is 14.3 Å². The Morgan fingerprint density at radius 1 is 1.69 bits per heavy atom. The van der Waals surface area contributed by atoms with Crippen LogP contribution in [0.1, 0.15) is 18.7 Å². The third-order valence-electron chi connectivity index (χ3n) is 1.58. The van der Waals surface area contributed by atoms with Gasteiger partial charge < -0.3 is 0 Å². The molecule has 0 fully saturated rings. The van der Waals surface area contributed by atoms with Gasteiger partial charge in [0.1, 0.15) is 5.78 Å². The van der Waals surface area contributed by atoms with Gasteiger partial charge in [0, 0.05) is 0 Å². The molecule has 0 aliphatic carbocycles. The zero-order valence-corrected chi connectivity index (χ0v) is 9.89. The number of hydrogen-bond acceptors (Lipinski definition) is 4. The fourth-order valence-corrected chi connectivity index (χ4v) is 2.86. The first-order valence-corrected chi connectivity index (χ1v) is 6.03. The molecule has 0 amide bonds. The van der Waals surface area contributed by atoms with Crippen LogP contribution in [-0.2, 0) is 4.79 Å². The lowest BCUT2D eigenvalue weighted by Crippen LogP contribution is -2.10. The lowest BCUT2D eigenvalue weighted by atomic mass is 10.3. The SMILES string of the molecule is CC(=O)C(C)SC(=S)c1cccs1. The lowest BCUT2D eigenvalue weighted by Gasteiger charge is -2.06. The molecule has 1 nitrogen and oxygen atoms in total. The molecule has 1 atom stereocenters. The second-order valence-electron chi connectivity index (χ2n) is 2.64. The Morgan fingerprint density at radius 2 is 2.38 bits per heavy atom. The third kappa shape index (κ3) is 3.21. The molecule has 1 rings (SSSR count). The van der Waals surface area contributed by atoms with Gasteiger partial charge in [-0.3, -0.25) is 4.79 Å². The molecule has 4 heteroatoms. The van der Waals surface area contributed by atoms with E-state index in [1.165, 1.54) is 11.8 Å². The molecule has 1 heterocycles. The van der Waals surface area contributed by atoms with Gasteiger partial charge in [0.25, 0.3) is 0 Å². The fraction of sp³-hybridized carbons (Fsp3) is 0.333. The van der Waals surface area contributed by atoms with Crippen molar-refractivity contribution in [2.75, 3.05) is 0 Å². The van der Waals surface area contributed by atoms with Crippen molar-refractivity contribution in [1.82, 2.24) is 0 Å². The molecule has 0 aliphatic rings. The molecule has 0 saturated heterocycles. The van der Waals surface area contributed by atoms with Crippen molar-refractivity contribution in [2.45, 2.75) is 19.1 Å². The lowest BCUT2D eigenvalue weighted by molar-refractivity contribution is -0.116. The zero-order chi connectivity index (χ0) is 9.84. The number of ketones is 1. The molecular formula is C9H10OS3. The van der Waals surface area contributed by atoms with Gasteiger partial charge in [-0.15, -0.1) is 23.1 Å². The first-order valence-electron chi connectivity index (χ1n) is 3.86. The minimum Gasteiger partial charge on any atom is -0.299 e. The minimum atomic E-state index is -0.0328. The molecule has 0 bridgehead atoms. The number of thioether (sulfide) groups is 1. The Hall–Kier alpha value is -0.190. The summed E-state index contributed by atoms with van der Waals surface area (Å²) in [5, 5.41) is 1.95. The molecule has 0 spiro atoms. The normalized spacial score (nSPS) is 12.5. The number of Topliss-reactive ketones (excluding diaryl/α,β-unsaturated/α-hetero) is 1. The highest BCUT2D eigenvalue weighted by atomic mass is 32.2. The Bertz CT molecular complexity index is 303. The molecule has 1 aromatic heterocycles. The Kier molecular flexibility index (Phi) is 4.09. The molecular weight excluding hydrogens is 220 g/mol. The first kappa shape index (κ1) is 10.9. The van der Waals surface area contributed by atoms with Crippen molar-refractivity contribution >= 4 is 45.3 Å². The molecule has 13 heavy (non-hydrogen) atoms. The second-order valence-corrected chi connectivity index (χ2v) is 5.60. The number of thiophene rings is 1. The number of rotatable bonds is 3. The maximum atomic E-state index is 11.0. The molecule has 0 N–H and O–H groups in total. The molecule has 1 unspecified atom stereocenters. The molecule has 0 aliphatic heterocycles. The highest BCUT2D eigenvalue weighted by molar-refractivity contribution is 8.24. The van der Waals surface area contributed by atoms with E-state index in [-0.39, 0.29) is 11.0 Å². The predicted octanol–water partition coefficient (Wildman–Crippen LogP) is 3.13. The topological polar surface area (TPSA) is 17.1 Å². The largest absolute Gasteiger partial charge is 0.299 e. The van der Waals surface area contributed by atoms with Gasteiger partial charge in [-0.2, -0.15) is 0 Å². The van der Waals surface area contributed by atoms with Crippen molar-refractivity contribution in [1.29, 1.82) is 0 Å².